The first-order valence-electron chi connectivity index (χ1n) is 9.30. The molecule has 1 aromatic carbocycles. The molecule has 1 aliphatic heterocycles. The third kappa shape index (κ3) is 3.51. The van der Waals surface area contributed by atoms with Crippen LogP contribution >= 0.6 is 0 Å². The molecule has 1 amide bonds. The quantitative estimate of drug-likeness (QED) is 0.705. The molecule has 1 heterocycles. The van der Waals surface area contributed by atoms with Crippen molar-refractivity contribution in [2.75, 3.05) is 19.0 Å². The van der Waals surface area contributed by atoms with E-state index in [1.807, 2.05) is 0 Å². The van der Waals surface area contributed by atoms with Crippen molar-refractivity contribution < 1.29 is 22.7 Å². The number of ether oxygens (including phenoxy) is 2. The molecule has 2 saturated carbocycles. The average Bonchev–Trinajstić information content (AvgIpc) is 2.61. The molecule has 1 aromatic rings. The molecule has 2 atom stereocenters. The van der Waals surface area contributed by atoms with Crippen molar-refractivity contribution in [3.05, 3.63) is 12.1 Å². The number of carbonyl (C=O) groups is 1. The summed E-state index contributed by atoms with van der Waals surface area (Å²) < 4.78 is 39.9. The maximum Gasteiger partial charge on any atom is 0.262 e. The molecule has 2 bridgehead atoms. The standard InChI is InChI=1S/C18H25N3O5S/c1-25-15-7-13-14(26-9-17(22)20-13)8-16(15)27(23,24)21-18-10-3-2-4-11(18)6-12(19)5-10/h7-8,10-12,18,21H,2-6,9,19H2,1H3,(H,20,22). The summed E-state index contributed by atoms with van der Waals surface area (Å²) in [5, 5.41) is 2.66. The van der Waals surface area contributed by atoms with Crippen molar-refractivity contribution in [3.8, 4) is 11.5 Å². The van der Waals surface area contributed by atoms with Gasteiger partial charge >= 0.3 is 0 Å². The molecule has 2 fully saturated rings. The number of sulfonamides is 1. The number of nitrogens with one attached hydrogen (secondary N) is 2. The fraction of sp³-hybridized carbons (Fsp3) is 0.611. The molecule has 27 heavy (non-hydrogen) atoms. The number of methoxy groups -OCH3 is 1. The Morgan fingerprint density at radius 3 is 2.63 bits per heavy atom. The van der Waals surface area contributed by atoms with Crippen LogP contribution in [0.1, 0.15) is 32.1 Å². The van der Waals surface area contributed by atoms with E-state index in [0.717, 1.165) is 32.1 Å². The van der Waals surface area contributed by atoms with E-state index in [1.165, 1.54) is 19.2 Å². The van der Waals surface area contributed by atoms with Gasteiger partial charge in [0.25, 0.3) is 5.91 Å². The van der Waals surface area contributed by atoms with Crippen molar-refractivity contribution in [2.45, 2.75) is 49.1 Å². The number of nitrogens with two attached hydrogens (primary N) is 1. The van der Waals surface area contributed by atoms with E-state index in [0.29, 0.717) is 11.4 Å². The van der Waals surface area contributed by atoms with Gasteiger partial charge in [-0.3, -0.25) is 4.79 Å². The molecule has 0 spiro atoms. The monoisotopic (exact) mass is 395 g/mol. The highest BCUT2D eigenvalue weighted by molar-refractivity contribution is 7.89. The summed E-state index contributed by atoms with van der Waals surface area (Å²) in [5.41, 5.74) is 6.55. The predicted octanol–water partition coefficient (Wildman–Crippen LogP) is 1.21. The van der Waals surface area contributed by atoms with Crippen LogP contribution in [0, 0.1) is 11.8 Å². The van der Waals surface area contributed by atoms with Gasteiger partial charge in [0.15, 0.2) is 6.61 Å². The van der Waals surface area contributed by atoms with E-state index in [2.05, 4.69) is 10.0 Å². The number of fused-ring (bicyclic) bond motifs is 3. The Hall–Kier alpha value is -1.84. The average molecular weight is 395 g/mol. The van der Waals surface area contributed by atoms with Gasteiger partial charge in [-0.05, 0) is 37.5 Å². The predicted molar refractivity (Wildman–Crippen MR) is 99.3 cm³/mol. The summed E-state index contributed by atoms with van der Waals surface area (Å²) in [6.07, 6.45) is 4.80. The van der Waals surface area contributed by atoms with Crippen LogP contribution in [0.25, 0.3) is 0 Å². The van der Waals surface area contributed by atoms with Crippen LogP contribution in [0.15, 0.2) is 17.0 Å². The van der Waals surface area contributed by atoms with Gasteiger partial charge in [-0.1, -0.05) is 6.42 Å². The molecular weight excluding hydrogens is 370 g/mol. The zero-order valence-corrected chi connectivity index (χ0v) is 16.1. The third-order valence-electron chi connectivity index (χ3n) is 5.86. The van der Waals surface area contributed by atoms with Gasteiger partial charge in [0.2, 0.25) is 10.0 Å². The summed E-state index contributed by atoms with van der Waals surface area (Å²) in [6, 6.07) is 2.94. The highest BCUT2D eigenvalue weighted by atomic mass is 32.2. The van der Waals surface area contributed by atoms with Gasteiger partial charge in [-0.15, -0.1) is 0 Å². The van der Waals surface area contributed by atoms with Gasteiger partial charge in [-0.2, -0.15) is 0 Å². The Morgan fingerprint density at radius 1 is 1.26 bits per heavy atom. The molecular formula is C18H25N3O5S. The van der Waals surface area contributed by atoms with Gasteiger partial charge in [0, 0.05) is 24.2 Å². The Kier molecular flexibility index (Phi) is 4.77. The van der Waals surface area contributed by atoms with Crippen molar-refractivity contribution in [1.29, 1.82) is 0 Å². The first-order valence-corrected chi connectivity index (χ1v) is 10.8. The second-order valence-electron chi connectivity index (χ2n) is 7.67. The molecule has 4 rings (SSSR count). The van der Waals surface area contributed by atoms with Crippen LogP contribution in [0.5, 0.6) is 11.5 Å². The minimum absolute atomic E-state index is 0.0212. The minimum Gasteiger partial charge on any atom is -0.495 e. The molecule has 148 valence electrons. The van der Waals surface area contributed by atoms with Crippen LogP contribution in [0.4, 0.5) is 5.69 Å². The van der Waals surface area contributed by atoms with E-state index in [-0.39, 0.29) is 47.1 Å². The molecule has 0 aromatic heterocycles. The maximum absolute atomic E-state index is 13.2. The van der Waals surface area contributed by atoms with E-state index >= 15 is 0 Å². The molecule has 0 saturated heterocycles. The molecule has 8 nitrogen and oxygen atoms in total. The summed E-state index contributed by atoms with van der Waals surface area (Å²) >= 11 is 0. The van der Waals surface area contributed by atoms with Crippen LogP contribution in [-0.4, -0.2) is 40.1 Å². The number of benzene rings is 1. The lowest BCUT2D eigenvalue weighted by Gasteiger charge is -2.45. The first-order chi connectivity index (χ1) is 12.9. The second kappa shape index (κ2) is 6.96. The fourth-order valence-corrected chi connectivity index (χ4v) is 6.22. The number of anilines is 1. The van der Waals surface area contributed by atoms with E-state index in [1.54, 1.807) is 0 Å². The fourth-order valence-electron chi connectivity index (χ4n) is 4.68. The topological polar surface area (TPSA) is 120 Å². The number of rotatable bonds is 4. The maximum atomic E-state index is 13.2. The zero-order valence-electron chi connectivity index (χ0n) is 15.2. The normalized spacial score (nSPS) is 30.1. The highest BCUT2D eigenvalue weighted by Crippen LogP contribution is 2.42. The zero-order chi connectivity index (χ0) is 19.2. The summed E-state index contributed by atoms with van der Waals surface area (Å²) in [4.78, 5) is 11.5. The molecule has 0 radical (unpaired) electrons. The Labute approximate surface area is 158 Å². The van der Waals surface area contributed by atoms with Gasteiger partial charge in [0.1, 0.15) is 16.4 Å². The van der Waals surface area contributed by atoms with E-state index in [4.69, 9.17) is 15.2 Å². The molecule has 3 aliphatic rings. The SMILES string of the molecule is COc1cc2c(cc1S(=O)(=O)NC1C3CCCC1CC(N)C3)OCC(=O)N2. The highest BCUT2D eigenvalue weighted by Gasteiger charge is 2.41. The number of hydrogen-bond acceptors (Lipinski definition) is 6. The van der Waals surface area contributed by atoms with E-state index in [9.17, 15) is 13.2 Å². The molecule has 9 heteroatoms. The van der Waals surface area contributed by atoms with Crippen LogP contribution in [-0.2, 0) is 14.8 Å². The molecule has 4 N–H and O–H groups in total. The molecule has 2 unspecified atom stereocenters. The van der Waals surface area contributed by atoms with Crippen molar-refractivity contribution in [1.82, 2.24) is 4.72 Å². The lowest BCUT2D eigenvalue weighted by Crippen LogP contribution is -2.53. The summed E-state index contributed by atoms with van der Waals surface area (Å²) in [6.45, 7) is -0.142. The van der Waals surface area contributed by atoms with E-state index < -0.39 is 10.0 Å². The van der Waals surface area contributed by atoms with Crippen LogP contribution in [0.2, 0.25) is 0 Å². The first kappa shape index (κ1) is 18.5. The lowest BCUT2D eigenvalue weighted by molar-refractivity contribution is -0.118. The van der Waals surface area contributed by atoms with Crippen LogP contribution < -0.4 is 25.2 Å². The van der Waals surface area contributed by atoms with Crippen molar-refractivity contribution in [2.24, 2.45) is 17.6 Å². The van der Waals surface area contributed by atoms with Crippen molar-refractivity contribution >= 4 is 21.6 Å². The van der Waals surface area contributed by atoms with Gasteiger partial charge in [0.05, 0.1) is 12.8 Å². The smallest absolute Gasteiger partial charge is 0.262 e. The number of carbonyl (C=O) groups excluding carboxylic acids is 1. The Morgan fingerprint density at radius 2 is 1.96 bits per heavy atom. The van der Waals surface area contributed by atoms with Crippen LogP contribution in [0.3, 0.4) is 0 Å². The number of hydrogen-bond donors (Lipinski definition) is 3. The number of amides is 1. The summed E-state index contributed by atoms with van der Waals surface area (Å²) in [5.74, 6) is 0.735. The third-order valence-corrected chi connectivity index (χ3v) is 7.34. The Balaban J connectivity index is 1.65. The lowest BCUT2D eigenvalue weighted by atomic mass is 9.67. The summed E-state index contributed by atoms with van der Waals surface area (Å²) in [7, 11) is -2.41. The minimum atomic E-state index is -3.82. The van der Waals surface area contributed by atoms with Gasteiger partial charge < -0.3 is 20.5 Å². The Bertz CT molecular complexity index is 843. The second-order valence-corrected chi connectivity index (χ2v) is 9.35. The van der Waals surface area contributed by atoms with Crippen molar-refractivity contribution in [3.63, 3.8) is 0 Å². The largest absolute Gasteiger partial charge is 0.495 e. The molecule has 2 aliphatic carbocycles. The van der Waals surface area contributed by atoms with Gasteiger partial charge in [-0.25, -0.2) is 13.1 Å².